The van der Waals surface area contributed by atoms with Crippen molar-refractivity contribution in [3.05, 3.63) is 28.0 Å². The molecule has 22 heavy (non-hydrogen) atoms. The molecule has 2 atom stereocenters. The Kier molecular flexibility index (Phi) is 4.67. The Hall–Kier alpha value is -0.400. The molecule has 0 aliphatic carbocycles. The van der Waals surface area contributed by atoms with Crippen LogP contribution in [0.2, 0.25) is 10.0 Å². The Bertz CT molecular complexity index is 648. The zero-order chi connectivity index (χ0) is 15.9. The van der Waals surface area contributed by atoms with Gasteiger partial charge in [0, 0.05) is 50.2 Å². The van der Waals surface area contributed by atoms with Crippen LogP contribution in [-0.2, 0) is 16.6 Å². The molecule has 4 rings (SSSR count). The van der Waals surface area contributed by atoms with Crippen LogP contribution in [0.25, 0.3) is 0 Å². The second-order valence-electron chi connectivity index (χ2n) is 6.19. The molecule has 5 nitrogen and oxygen atoms in total. The van der Waals surface area contributed by atoms with Crippen molar-refractivity contribution in [3.63, 3.8) is 0 Å². The summed E-state index contributed by atoms with van der Waals surface area (Å²) < 4.78 is 25.4. The van der Waals surface area contributed by atoms with Crippen molar-refractivity contribution in [2.45, 2.75) is 25.4 Å². The van der Waals surface area contributed by atoms with Gasteiger partial charge in [0.1, 0.15) is 0 Å². The molecule has 3 fully saturated rings. The summed E-state index contributed by atoms with van der Waals surface area (Å²) in [6.45, 7) is 2.68. The third-order valence-electron chi connectivity index (χ3n) is 4.58. The van der Waals surface area contributed by atoms with Gasteiger partial charge < -0.3 is 0 Å². The summed E-state index contributed by atoms with van der Waals surface area (Å²) in [6.07, 6.45) is 6.57. The maximum Gasteiger partial charge on any atom is 0.211 e. The number of sulfonamides is 1. The van der Waals surface area contributed by atoms with Gasteiger partial charge >= 0.3 is 0 Å². The molecule has 0 unspecified atom stereocenters. The standard InChI is InChI=1S/C14H19Cl2N3O2S/c1-22(20,21)19-7-10-2-3-11(8-19)18(6-10)9-12-13(15)4-17-5-14(12)16/h4-5,10-11H,2-3,6-9H2,1H3/t10-,11-/m1/s1. The predicted molar refractivity (Wildman–Crippen MR) is 87.6 cm³/mol. The lowest BCUT2D eigenvalue weighted by molar-refractivity contribution is 0.125. The van der Waals surface area contributed by atoms with Gasteiger partial charge in [0.25, 0.3) is 0 Å². The van der Waals surface area contributed by atoms with Gasteiger partial charge in [0.05, 0.1) is 16.3 Å². The molecule has 0 amide bonds. The molecule has 122 valence electrons. The second-order valence-corrected chi connectivity index (χ2v) is 8.99. The SMILES string of the molecule is CS(=O)(=O)N1C[C@@H]2CC[C@H](C1)N(Cc1c(Cl)cncc1Cl)C2. The third-order valence-corrected chi connectivity index (χ3v) is 6.46. The van der Waals surface area contributed by atoms with Gasteiger partial charge in [-0.05, 0) is 18.8 Å². The van der Waals surface area contributed by atoms with Crippen molar-refractivity contribution in [3.8, 4) is 0 Å². The number of hydrogen-bond acceptors (Lipinski definition) is 4. The van der Waals surface area contributed by atoms with E-state index < -0.39 is 10.0 Å². The quantitative estimate of drug-likeness (QED) is 0.826. The second kappa shape index (κ2) is 6.24. The number of aromatic nitrogens is 1. The van der Waals surface area contributed by atoms with Gasteiger partial charge in [-0.25, -0.2) is 12.7 Å². The van der Waals surface area contributed by atoms with Crippen molar-refractivity contribution in [1.29, 1.82) is 0 Å². The molecule has 3 saturated heterocycles. The van der Waals surface area contributed by atoms with Crippen LogP contribution < -0.4 is 0 Å². The fraction of sp³-hybridized carbons (Fsp3) is 0.643. The van der Waals surface area contributed by atoms with Crippen LogP contribution in [0.5, 0.6) is 0 Å². The summed E-state index contributed by atoms with van der Waals surface area (Å²) >= 11 is 12.4. The van der Waals surface area contributed by atoms with Crippen molar-refractivity contribution in [2.75, 3.05) is 25.9 Å². The van der Waals surface area contributed by atoms with Gasteiger partial charge in [-0.3, -0.25) is 9.88 Å². The van der Waals surface area contributed by atoms with Gasteiger partial charge in [-0.2, -0.15) is 0 Å². The largest absolute Gasteiger partial charge is 0.294 e. The van der Waals surface area contributed by atoms with Gasteiger partial charge in [0.15, 0.2) is 0 Å². The van der Waals surface area contributed by atoms with Crippen LogP contribution in [0.1, 0.15) is 18.4 Å². The minimum absolute atomic E-state index is 0.216. The highest BCUT2D eigenvalue weighted by molar-refractivity contribution is 7.88. The van der Waals surface area contributed by atoms with E-state index >= 15 is 0 Å². The highest BCUT2D eigenvalue weighted by Gasteiger charge is 2.37. The average molecular weight is 364 g/mol. The van der Waals surface area contributed by atoms with E-state index in [0.717, 1.165) is 24.9 Å². The topological polar surface area (TPSA) is 53.5 Å². The maximum absolute atomic E-state index is 11.9. The van der Waals surface area contributed by atoms with E-state index in [0.29, 0.717) is 35.6 Å². The zero-order valence-corrected chi connectivity index (χ0v) is 14.7. The van der Waals surface area contributed by atoms with Gasteiger partial charge in [0.2, 0.25) is 10.0 Å². The number of nitrogens with zero attached hydrogens (tertiary/aromatic N) is 3. The molecule has 1 aromatic heterocycles. The first-order valence-corrected chi connectivity index (χ1v) is 9.92. The molecule has 4 heterocycles. The normalized spacial score (nSPS) is 27.0. The first-order valence-electron chi connectivity index (χ1n) is 7.31. The van der Waals surface area contributed by atoms with Crippen LogP contribution in [0.15, 0.2) is 12.4 Å². The summed E-state index contributed by atoms with van der Waals surface area (Å²) in [6, 6.07) is 0.216. The molecule has 3 aliphatic rings. The Balaban J connectivity index is 1.82. The van der Waals surface area contributed by atoms with Crippen molar-refractivity contribution in [2.24, 2.45) is 5.92 Å². The summed E-state index contributed by atoms with van der Waals surface area (Å²) in [5.41, 5.74) is 0.872. The molecule has 0 aromatic carbocycles. The number of rotatable bonds is 3. The van der Waals surface area contributed by atoms with E-state index in [9.17, 15) is 8.42 Å². The summed E-state index contributed by atoms with van der Waals surface area (Å²) in [7, 11) is -3.14. The number of piperidine rings is 1. The Labute approximate surface area is 141 Å². The van der Waals surface area contributed by atoms with E-state index in [2.05, 4.69) is 9.88 Å². The van der Waals surface area contributed by atoms with Crippen LogP contribution in [0.3, 0.4) is 0 Å². The van der Waals surface area contributed by atoms with Crippen LogP contribution in [0.4, 0.5) is 0 Å². The van der Waals surface area contributed by atoms with Crippen LogP contribution in [-0.4, -0.2) is 54.5 Å². The minimum Gasteiger partial charge on any atom is -0.294 e. The van der Waals surface area contributed by atoms with Gasteiger partial charge in [-0.15, -0.1) is 0 Å². The van der Waals surface area contributed by atoms with E-state index in [-0.39, 0.29) is 6.04 Å². The summed E-state index contributed by atoms with van der Waals surface area (Å²) in [4.78, 5) is 6.29. The number of pyridine rings is 1. The molecule has 1 aromatic rings. The lowest BCUT2D eigenvalue weighted by Gasteiger charge is -2.36. The summed E-state index contributed by atoms with van der Waals surface area (Å²) in [5.74, 6) is 0.368. The highest BCUT2D eigenvalue weighted by Crippen LogP contribution is 2.32. The third kappa shape index (κ3) is 3.41. The van der Waals surface area contributed by atoms with Crippen LogP contribution in [0, 0.1) is 5.92 Å². The average Bonchev–Trinajstić information content (AvgIpc) is 2.74. The molecular formula is C14H19Cl2N3O2S. The summed E-state index contributed by atoms with van der Waals surface area (Å²) in [5, 5.41) is 1.13. The van der Waals surface area contributed by atoms with Gasteiger partial charge in [-0.1, -0.05) is 23.2 Å². The van der Waals surface area contributed by atoms with E-state index in [4.69, 9.17) is 23.2 Å². The molecule has 3 aliphatic heterocycles. The molecular weight excluding hydrogens is 345 g/mol. The smallest absolute Gasteiger partial charge is 0.211 e. The lowest BCUT2D eigenvalue weighted by atomic mass is 9.94. The Morgan fingerprint density at radius 1 is 1.18 bits per heavy atom. The Morgan fingerprint density at radius 3 is 2.50 bits per heavy atom. The molecule has 0 N–H and O–H groups in total. The van der Waals surface area contributed by atoms with E-state index in [1.165, 1.54) is 6.26 Å². The number of halogens is 2. The van der Waals surface area contributed by atoms with Crippen molar-refractivity contribution >= 4 is 33.2 Å². The zero-order valence-electron chi connectivity index (χ0n) is 12.4. The van der Waals surface area contributed by atoms with E-state index in [1.807, 2.05) is 0 Å². The Morgan fingerprint density at radius 2 is 1.86 bits per heavy atom. The van der Waals surface area contributed by atoms with E-state index in [1.54, 1.807) is 16.7 Å². The monoisotopic (exact) mass is 363 g/mol. The first kappa shape index (κ1) is 16.5. The highest BCUT2D eigenvalue weighted by atomic mass is 35.5. The first-order chi connectivity index (χ1) is 10.3. The lowest BCUT2D eigenvalue weighted by Crippen LogP contribution is -2.43. The predicted octanol–water partition coefficient (Wildman–Crippen LogP) is 2.24. The fourth-order valence-corrected chi connectivity index (χ4v) is 4.80. The number of hydrogen-bond donors (Lipinski definition) is 0. The number of fused-ring (bicyclic) bond motifs is 4. The molecule has 0 saturated carbocycles. The minimum atomic E-state index is -3.14. The van der Waals surface area contributed by atoms with Crippen LogP contribution >= 0.6 is 23.2 Å². The van der Waals surface area contributed by atoms with Crippen molar-refractivity contribution < 1.29 is 8.42 Å². The molecule has 0 spiro atoms. The van der Waals surface area contributed by atoms with Crippen molar-refractivity contribution in [1.82, 2.24) is 14.2 Å². The maximum atomic E-state index is 11.9. The molecule has 2 bridgehead atoms. The molecule has 0 radical (unpaired) electrons. The fourth-order valence-electron chi connectivity index (χ4n) is 3.39. The molecule has 8 heteroatoms.